The Labute approximate surface area is 148 Å². The summed E-state index contributed by atoms with van der Waals surface area (Å²) in [6.07, 6.45) is 2.84. The molecule has 3 rings (SSSR count). The first-order chi connectivity index (χ1) is 11.8. The highest BCUT2D eigenvalue weighted by molar-refractivity contribution is 7.89. The molecule has 5 nitrogen and oxygen atoms in total. The quantitative estimate of drug-likeness (QED) is 0.794. The van der Waals surface area contributed by atoms with Gasteiger partial charge in [-0.15, -0.1) is 16.2 Å². The van der Waals surface area contributed by atoms with Crippen LogP contribution in [0.15, 0.2) is 29.2 Å². The van der Waals surface area contributed by atoms with Gasteiger partial charge in [0, 0.05) is 4.88 Å². The molecule has 1 amide bonds. The van der Waals surface area contributed by atoms with E-state index in [4.69, 9.17) is 0 Å². The van der Waals surface area contributed by atoms with Gasteiger partial charge in [-0.1, -0.05) is 6.92 Å². The van der Waals surface area contributed by atoms with Crippen LogP contribution in [-0.2, 0) is 22.9 Å². The molecule has 1 aromatic heterocycles. The van der Waals surface area contributed by atoms with Crippen molar-refractivity contribution in [3.63, 3.8) is 0 Å². The largest absolute Gasteiger partial charge is 0.276 e. The van der Waals surface area contributed by atoms with Gasteiger partial charge in [-0.05, 0) is 55.0 Å². The van der Waals surface area contributed by atoms with Crippen molar-refractivity contribution in [1.82, 2.24) is 10.3 Å². The lowest BCUT2D eigenvalue weighted by atomic mass is 9.90. The van der Waals surface area contributed by atoms with Crippen LogP contribution in [0, 0.1) is 17.6 Å². The second kappa shape index (κ2) is 6.81. The number of hydrazine groups is 1. The van der Waals surface area contributed by atoms with Crippen LogP contribution in [0.25, 0.3) is 0 Å². The van der Waals surface area contributed by atoms with Gasteiger partial charge in [0.05, 0.1) is 4.88 Å². The Bertz CT molecular complexity index is 925. The number of amides is 1. The number of halogens is 2. The van der Waals surface area contributed by atoms with Crippen molar-refractivity contribution in [2.75, 3.05) is 0 Å². The average Bonchev–Trinajstić information content (AvgIpc) is 2.98. The Morgan fingerprint density at radius 1 is 1.28 bits per heavy atom. The molecule has 2 N–H and O–H groups in total. The Morgan fingerprint density at radius 2 is 2.04 bits per heavy atom. The lowest BCUT2D eigenvalue weighted by Crippen LogP contribution is -2.41. The summed E-state index contributed by atoms with van der Waals surface area (Å²) in [4.78, 5) is 14.6. The smallest absolute Gasteiger partial charge is 0.273 e. The van der Waals surface area contributed by atoms with Gasteiger partial charge >= 0.3 is 0 Å². The third-order valence-corrected chi connectivity index (χ3v) is 6.53. The number of thiophene rings is 1. The van der Waals surface area contributed by atoms with E-state index in [1.54, 1.807) is 10.9 Å². The van der Waals surface area contributed by atoms with Gasteiger partial charge in [-0.25, -0.2) is 17.2 Å². The van der Waals surface area contributed by atoms with Crippen LogP contribution in [0.2, 0.25) is 0 Å². The Kier molecular flexibility index (Phi) is 4.90. The summed E-state index contributed by atoms with van der Waals surface area (Å²) < 4.78 is 50.9. The van der Waals surface area contributed by atoms with Crippen molar-refractivity contribution in [2.45, 2.75) is 31.1 Å². The number of hydrogen-bond donors (Lipinski definition) is 2. The zero-order valence-electron chi connectivity index (χ0n) is 13.3. The van der Waals surface area contributed by atoms with E-state index in [1.165, 1.54) is 11.3 Å². The van der Waals surface area contributed by atoms with E-state index in [0.29, 0.717) is 22.9 Å². The second-order valence-electron chi connectivity index (χ2n) is 6.04. The van der Waals surface area contributed by atoms with Crippen molar-refractivity contribution < 1.29 is 22.0 Å². The standard InChI is InChI=1S/C16H16F2N2O3S2/c1-9-2-5-13-10(6-9)7-14(24-13)16(21)19-20-25(22,23)15-8-11(17)3-4-12(15)18/h3-4,7-9,20H,2,5-6H2,1H3,(H,19,21)/t9-/m1/s1. The Morgan fingerprint density at radius 3 is 2.80 bits per heavy atom. The monoisotopic (exact) mass is 386 g/mol. The summed E-state index contributed by atoms with van der Waals surface area (Å²) in [5.74, 6) is -2.09. The number of rotatable bonds is 4. The maximum atomic E-state index is 13.6. The predicted octanol–water partition coefficient (Wildman–Crippen LogP) is 2.77. The second-order valence-corrected chi connectivity index (χ2v) is 8.83. The minimum absolute atomic E-state index is 0.376. The summed E-state index contributed by atoms with van der Waals surface area (Å²) in [6.45, 7) is 2.14. The van der Waals surface area contributed by atoms with Crippen LogP contribution >= 0.6 is 11.3 Å². The summed E-state index contributed by atoms with van der Waals surface area (Å²) in [7, 11) is -4.42. The van der Waals surface area contributed by atoms with Crippen LogP contribution in [0.4, 0.5) is 8.78 Å². The Balaban J connectivity index is 1.73. The van der Waals surface area contributed by atoms with Crippen molar-refractivity contribution in [3.8, 4) is 0 Å². The lowest BCUT2D eigenvalue weighted by Gasteiger charge is -2.16. The number of carbonyl (C=O) groups is 1. The third kappa shape index (κ3) is 3.88. The van der Waals surface area contributed by atoms with Gasteiger partial charge < -0.3 is 0 Å². The van der Waals surface area contributed by atoms with Crippen LogP contribution in [0.5, 0.6) is 0 Å². The van der Waals surface area contributed by atoms with E-state index < -0.39 is 32.5 Å². The van der Waals surface area contributed by atoms with Gasteiger partial charge in [0.25, 0.3) is 15.9 Å². The maximum absolute atomic E-state index is 13.6. The van der Waals surface area contributed by atoms with Crippen molar-refractivity contribution >= 4 is 27.3 Å². The number of sulfonamides is 1. The zero-order valence-corrected chi connectivity index (χ0v) is 14.9. The van der Waals surface area contributed by atoms with E-state index in [9.17, 15) is 22.0 Å². The molecule has 0 aliphatic heterocycles. The first kappa shape index (κ1) is 18.0. The van der Waals surface area contributed by atoms with E-state index in [-0.39, 0.29) is 0 Å². The minimum Gasteiger partial charge on any atom is -0.273 e. The molecule has 0 spiro atoms. The highest BCUT2D eigenvalue weighted by atomic mass is 32.2. The van der Waals surface area contributed by atoms with Gasteiger partial charge in [-0.3, -0.25) is 10.2 Å². The van der Waals surface area contributed by atoms with Crippen molar-refractivity contribution in [2.24, 2.45) is 5.92 Å². The number of hydrogen-bond acceptors (Lipinski definition) is 4. The van der Waals surface area contributed by atoms with Gasteiger partial charge in [0.2, 0.25) is 0 Å². The molecule has 1 aromatic carbocycles. The predicted molar refractivity (Wildman–Crippen MR) is 89.7 cm³/mol. The average molecular weight is 386 g/mol. The maximum Gasteiger partial charge on any atom is 0.276 e. The number of carbonyl (C=O) groups excluding carboxylic acids is 1. The molecule has 134 valence electrons. The summed E-state index contributed by atoms with van der Waals surface area (Å²) in [6, 6.07) is 3.82. The first-order valence-corrected chi connectivity index (χ1v) is 9.95. The van der Waals surface area contributed by atoms with Crippen LogP contribution in [-0.4, -0.2) is 14.3 Å². The fraction of sp³-hybridized carbons (Fsp3) is 0.312. The molecule has 0 saturated carbocycles. The first-order valence-electron chi connectivity index (χ1n) is 7.65. The minimum atomic E-state index is -4.42. The number of nitrogens with one attached hydrogen (secondary N) is 2. The van der Waals surface area contributed by atoms with Crippen molar-refractivity contribution in [3.05, 3.63) is 51.2 Å². The SMILES string of the molecule is C[C@@H]1CCc2sc(C(=O)NNS(=O)(=O)c3cc(F)ccc3F)cc2C1. The topological polar surface area (TPSA) is 75.3 Å². The summed E-state index contributed by atoms with van der Waals surface area (Å²) in [5, 5.41) is 0. The third-order valence-electron chi connectivity index (χ3n) is 4.03. The molecule has 1 heterocycles. The number of fused-ring (bicyclic) bond motifs is 1. The molecule has 0 bridgehead atoms. The molecule has 2 aromatic rings. The van der Waals surface area contributed by atoms with Gasteiger partial charge in [-0.2, -0.15) is 0 Å². The molecular formula is C16H16F2N2O3S2. The van der Waals surface area contributed by atoms with Crippen LogP contribution in [0.1, 0.15) is 33.5 Å². The number of aryl methyl sites for hydroxylation is 1. The molecule has 1 atom stereocenters. The lowest BCUT2D eigenvalue weighted by molar-refractivity contribution is 0.0949. The Hall–Kier alpha value is -1.84. The van der Waals surface area contributed by atoms with Crippen LogP contribution < -0.4 is 10.3 Å². The van der Waals surface area contributed by atoms with E-state index in [2.05, 4.69) is 6.92 Å². The fourth-order valence-corrected chi connectivity index (χ4v) is 4.76. The van der Waals surface area contributed by atoms with E-state index >= 15 is 0 Å². The van der Waals surface area contributed by atoms with E-state index in [1.807, 2.05) is 5.43 Å². The summed E-state index contributed by atoms with van der Waals surface area (Å²) in [5.41, 5.74) is 3.15. The van der Waals surface area contributed by atoms with Gasteiger partial charge in [0.1, 0.15) is 16.5 Å². The molecule has 0 fully saturated rings. The zero-order chi connectivity index (χ0) is 18.2. The normalized spacial score (nSPS) is 17.2. The summed E-state index contributed by atoms with van der Waals surface area (Å²) >= 11 is 1.32. The van der Waals surface area contributed by atoms with Crippen LogP contribution in [0.3, 0.4) is 0 Å². The molecule has 9 heteroatoms. The fourth-order valence-electron chi connectivity index (χ4n) is 2.73. The molecule has 1 aliphatic carbocycles. The molecule has 0 saturated heterocycles. The highest BCUT2D eigenvalue weighted by Gasteiger charge is 2.23. The molecule has 0 radical (unpaired) electrons. The molecule has 1 aliphatic rings. The molecule has 25 heavy (non-hydrogen) atoms. The number of benzene rings is 1. The highest BCUT2D eigenvalue weighted by Crippen LogP contribution is 2.32. The molecule has 0 unspecified atom stereocenters. The van der Waals surface area contributed by atoms with E-state index in [0.717, 1.165) is 35.8 Å². The van der Waals surface area contributed by atoms with Crippen molar-refractivity contribution in [1.29, 1.82) is 0 Å². The molecular weight excluding hydrogens is 370 g/mol. The van der Waals surface area contributed by atoms with Gasteiger partial charge in [0.15, 0.2) is 0 Å².